The molecule has 0 aromatic heterocycles. The predicted molar refractivity (Wildman–Crippen MR) is 43.5 cm³/mol. The van der Waals surface area contributed by atoms with Gasteiger partial charge < -0.3 is 10.2 Å². The van der Waals surface area contributed by atoms with Crippen LogP contribution in [-0.4, -0.2) is 38.4 Å². The van der Waals surface area contributed by atoms with Crippen LogP contribution in [0.2, 0.25) is 19.1 Å². The average Bonchev–Trinajstić information content (AvgIpc) is 1.87. The van der Waals surface area contributed by atoms with Crippen molar-refractivity contribution >= 4 is 8.32 Å². The van der Waals surface area contributed by atoms with Crippen molar-refractivity contribution < 1.29 is 19.7 Å². The molecule has 0 rings (SSSR count). The Morgan fingerprint density at radius 2 is 1.82 bits per heavy atom. The Kier molecular flexibility index (Phi) is 5.70. The van der Waals surface area contributed by atoms with E-state index in [4.69, 9.17) is 19.7 Å². The third-order valence-corrected chi connectivity index (χ3v) is 3.17. The number of aliphatic hydroxyl groups is 2. The molecular formula is C6H16O4Si. The van der Waals surface area contributed by atoms with Gasteiger partial charge in [0, 0.05) is 6.61 Å². The van der Waals surface area contributed by atoms with E-state index in [0.29, 0.717) is 6.04 Å². The van der Waals surface area contributed by atoms with Crippen molar-refractivity contribution in [2.75, 3.05) is 19.8 Å². The second-order valence-electron chi connectivity index (χ2n) is 2.86. The summed E-state index contributed by atoms with van der Waals surface area (Å²) in [6.07, 6.45) is 0. The van der Waals surface area contributed by atoms with Crippen molar-refractivity contribution in [1.29, 1.82) is 0 Å². The summed E-state index contributed by atoms with van der Waals surface area (Å²) in [6, 6.07) is 0.651. The molecule has 0 heterocycles. The van der Waals surface area contributed by atoms with Gasteiger partial charge in [0.15, 0.2) is 0 Å². The lowest BCUT2D eigenvalue weighted by atomic mass is 10.8. The van der Waals surface area contributed by atoms with E-state index in [0.717, 1.165) is 0 Å². The Hall–Kier alpha value is 0.0569. The summed E-state index contributed by atoms with van der Waals surface area (Å²) in [7, 11) is -1.82. The minimum Gasteiger partial charge on any atom is -0.397 e. The summed E-state index contributed by atoms with van der Waals surface area (Å²) < 4.78 is 5.03. The molecule has 0 atom stereocenters. The standard InChI is InChI=1S/C6H16O4Si/c1-11(2,6-4-8)10-9-5-3-7/h7-8H,3-6H2,1-2H3. The molecular weight excluding hydrogens is 164 g/mol. The van der Waals surface area contributed by atoms with Crippen LogP contribution in [0.3, 0.4) is 0 Å². The van der Waals surface area contributed by atoms with E-state index in [2.05, 4.69) is 0 Å². The van der Waals surface area contributed by atoms with Crippen molar-refractivity contribution in [2.45, 2.75) is 19.1 Å². The largest absolute Gasteiger partial charge is 0.397 e. The molecule has 0 amide bonds. The fourth-order valence-electron chi connectivity index (χ4n) is 0.549. The van der Waals surface area contributed by atoms with Gasteiger partial charge in [-0.1, -0.05) is 0 Å². The Morgan fingerprint density at radius 3 is 2.27 bits per heavy atom. The summed E-state index contributed by atoms with van der Waals surface area (Å²) in [5, 5.41) is 17.0. The lowest BCUT2D eigenvalue weighted by Crippen LogP contribution is -2.31. The molecule has 0 radical (unpaired) electrons. The third-order valence-electron chi connectivity index (χ3n) is 1.17. The van der Waals surface area contributed by atoms with E-state index in [1.165, 1.54) is 0 Å². The molecule has 68 valence electrons. The van der Waals surface area contributed by atoms with E-state index >= 15 is 0 Å². The quantitative estimate of drug-likeness (QED) is 0.264. The van der Waals surface area contributed by atoms with Gasteiger partial charge in [-0.3, -0.25) is 4.58 Å². The molecule has 0 aliphatic heterocycles. The van der Waals surface area contributed by atoms with E-state index in [9.17, 15) is 0 Å². The first-order chi connectivity index (χ1) is 5.12. The zero-order valence-corrected chi connectivity index (χ0v) is 8.04. The van der Waals surface area contributed by atoms with Gasteiger partial charge in [-0.25, -0.2) is 4.89 Å². The first-order valence-electron chi connectivity index (χ1n) is 3.65. The van der Waals surface area contributed by atoms with E-state index in [1.807, 2.05) is 13.1 Å². The van der Waals surface area contributed by atoms with E-state index in [1.54, 1.807) is 0 Å². The molecule has 0 aromatic carbocycles. The zero-order chi connectivity index (χ0) is 8.74. The summed E-state index contributed by atoms with van der Waals surface area (Å²) in [5.74, 6) is 0. The van der Waals surface area contributed by atoms with Crippen LogP contribution in [-0.2, 0) is 9.46 Å². The molecule has 11 heavy (non-hydrogen) atoms. The number of hydrogen-bond donors (Lipinski definition) is 2. The molecule has 0 fully saturated rings. The van der Waals surface area contributed by atoms with Crippen LogP contribution in [0.1, 0.15) is 0 Å². The molecule has 0 aliphatic rings. The highest BCUT2D eigenvalue weighted by molar-refractivity contribution is 6.70. The van der Waals surface area contributed by atoms with Crippen molar-refractivity contribution in [3.8, 4) is 0 Å². The molecule has 0 aromatic rings. The number of rotatable bonds is 6. The Labute approximate surface area is 67.8 Å². The van der Waals surface area contributed by atoms with Gasteiger partial charge >= 0.3 is 0 Å². The molecule has 0 spiro atoms. The fraction of sp³-hybridized carbons (Fsp3) is 1.00. The van der Waals surface area contributed by atoms with Crippen molar-refractivity contribution in [1.82, 2.24) is 0 Å². The number of hydrogen-bond acceptors (Lipinski definition) is 4. The third kappa shape index (κ3) is 6.45. The van der Waals surface area contributed by atoms with Crippen LogP contribution < -0.4 is 0 Å². The molecule has 0 saturated heterocycles. The van der Waals surface area contributed by atoms with Crippen molar-refractivity contribution in [2.24, 2.45) is 0 Å². The average molecular weight is 180 g/mol. The minimum atomic E-state index is -1.82. The monoisotopic (exact) mass is 180 g/mol. The molecule has 0 unspecified atom stereocenters. The normalized spacial score (nSPS) is 12.0. The smallest absolute Gasteiger partial charge is 0.235 e. The highest BCUT2D eigenvalue weighted by Crippen LogP contribution is 2.09. The summed E-state index contributed by atoms with van der Waals surface area (Å²) in [5.41, 5.74) is 0. The van der Waals surface area contributed by atoms with Gasteiger partial charge in [0.1, 0.15) is 6.61 Å². The first kappa shape index (κ1) is 11.1. The van der Waals surface area contributed by atoms with Crippen LogP contribution in [0.5, 0.6) is 0 Å². The Bertz CT molecular complexity index is 96.6. The van der Waals surface area contributed by atoms with E-state index < -0.39 is 8.32 Å². The van der Waals surface area contributed by atoms with Crippen LogP contribution >= 0.6 is 0 Å². The van der Waals surface area contributed by atoms with Gasteiger partial charge in [-0.2, -0.15) is 0 Å². The van der Waals surface area contributed by atoms with Gasteiger partial charge in [-0.05, 0) is 19.1 Å². The Balaban J connectivity index is 3.38. The number of aliphatic hydroxyl groups excluding tert-OH is 2. The van der Waals surface area contributed by atoms with Crippen LogP contribution in [0.15, 0.2) is 0 Å². The van der Waals surface area contributed by atoms with E-state index in [-0.39, 0.29) is 19.8 Å². The lowest BCUT2D eigenvalue weighted by Gasteiger charge is -2.19. The first-order valence-corrected chi connectivity index (χ1v) is 6.76. The second kappa shape index (κ2) is 5.67. The summed E-state index contributed by atoms with van der Waals surface area (Å²) >= 11 is 0. The highest BCUT2D eigenvalue weighted by atomic mass is 28.4. The maximum atomic E-state index is 8.61. The SMILES string of the molecule is C[Si](C)(CCO)OOCCO. The fourth-order valence-corrected chi connectivity index (χ4v) is 1.57. The van der Waals surface area contributed by atoms with Crippen molar-refractivity contribution in [3.05, 3.63) is 0 Å². The van der Waals surface area contributed by atoms with Gasteiger partial charge in [-0.15, -0.1) is 0 Å². The Morgan fingerprint density at radius 1 is 1.18 bits per heavy atom. The van der Waals surface area contributed by atoms with Crippen LogP contribution in [0, 0.1) is 0 Å². The van der Waals surface area contributed by atoms with Crippen LogP contribution in [0.4, 0.5) is 0 Å². The molecule has 0 aliphatic carbocycles. The van der Waals surface area contributed by atoms with Crippen molar-refractivity contribution in [3.63, 3.8) is 0 Å². The van der Waals surface area contributed by atoms with Gasteiger partial charge in [0.25, 0.3) is 0 Å². The van der Waals surface area contributed by atoms with Gasteiger partial charge in [0.05, 0.1) is 6.61 Å². The summed E-state index contributed by atoms with van der Waals surface area (Å²) in [4.78, 5) is 4.70. The minimum absolute atomic E-state index is 0.0381. The predicted octanol–water partition coefficient (Wildman–Crippen LogP) is 0.124. The molecule has 0 saturated carbocycles. The highest BCUT2D eigenvalue weighted by Gasteiger charge is 2.23. The molecule has 2 N–H and O–H groups in total. The molecule has 5 heteroatoms. The maximum Gasteiger partial charge on any atom is 0.235 e. The second-order valence-corrected chi connectivity index (χ2v) is 7.05. The maximum absolute atomic E-state index is 8.61. The lowest BCUT2D eigenvalue weighted by molar-refractivity contribution is -0.223. The zero-order valence-electron chi connectivity index (χ0n) is 7.04. The van der Waals surface area contributed by atoms with Crippen LogP contribution in [0.25, 0.3) is 0 Å². The molecule has 4 nitrogen and oxygen atoms in total. The summed E-state index contributed by atoms with van der Waals surface area (Å²) in [6.45, 7) is 4.17. The van der Waals surface area contributed by atoms with Gasteiger partial charge in [0.2, 0.25) is 8.32 Å². The molecule has 0 bridgehead atoms. The topological polar surface area (TPSA) is 58.9 Å².